The van der Waals surface area contributed by atoms with Gasteiger partial charge >= 0.3 is 0 Å². The monoisotopic (exact) mass is 271 g/mol. The normalized spacial score (nSPS) is 17.6. The van der Waals surface area contributed by atoms with E-state index < -0.39 is 0 Å². The summed E-state index contributed by atoms with van der Waals surface area (Å²) in [5.41, 5.74) is 6.36. The highest BCUT2D eigenvalue weighted by Gasteiger charge is 2.13. The summed E-state index contributed by atoms with van der Waals surface area (Å²) in [6, 6.07) is 4.25. The maximum Gasteiger partial charge on any atom is 0.166 e. The molecule has 3 rings (SSSR count). The lowest BCUT2D eigenvalue weighted by Gasteiger charge is -2.22. The molecular weight excluding hydrogens is 250 g/mol. The molecule has 2 aromatic heterocycles. The largest absolute Gasteiger partial charge is 0.384 e. The molecule has 0 aliphatic heterocycles. The van der Waals surface area contributed by atoms with Gasteiger partial charge in [0.05, 0.1) is 5.39 Å². The molecule has 1 fully saturated rings. The molecule has 2 heterocycles. The van der Waals surface area contributed by atoms with Gasteiger partial charge in [0.25, 0.3) is 0 Å². The Kier molecular flexibility index (Phi) is 3.95. The molecule has 0 amide bonds. The van der Waals surface area contributed by atoms with Gasteiger partial charge in [0, 0.05) is 6.04 Å². The molecule has 1 saturated carbocycles. The van der Waals surface area contributed by atoms with Crippen LogP contribution in [0, 0.1) is 0 Å². The molecule has 5 heteroatoms. The summed E-state index contributed by atoms with van der Waals surface area (Å²) in [7, 11) is 0. The first-order chi connectivity index (χ1) is 9.83. The Bertz CT molecular complexity index is 575. The molecule has 0 saturated heterocycles. The van der Waals surface area contributed by atoms with Crippen molar-refractivity contribution in [3.8, 4) is 0 Å². The van der Waals surface area contributed by atoms with Gasteiger partial charge in [-0.25, -0.2) is 15.0 Å². The molecule has 1 aliphatic rings. The molecule has 20 heavy (non-hydrogen) atoms. The minimum atomic E-state index is 0.494. The fourth-order valence-corrected chi connectivity index (χ4v) is 2.87. The topological polar surface area (TPSA) is 76.7 Å². The van der Waals surface area contributed by atoms with Crippen LogP contribution in [-0.2, 0) is 0 Å². The van der Waals surface area contributed by atoms with E-state index in [1.54, 1.807) is 12.4 Å². The highest BCUT2D eigenvalue weighted by molar-refractivity contribution is 5.87. The fourth-order valence-electron chi connectivity index (χ4n) is 2.87. The second-order valence-electron chi connectivity index (χ2n) is 5.52. The molecule has 1 aliphatic carbocycles. The van der Waals surface area contributed by atoms with E-state index in [4.69, 9.17) is 5.73 Å². The summed E-state index contributed by atoms with van der Waals surface area (Å²) in [6.45, 7) is 0. The van der Waals surface area contributed by atoms with E-state index in [1.165, 1.54) is 44.9 Å². The molecular formula is C15H21N5. The molecule has 5 nitrogen and oxygen atoms in total. The van der Waals surface area contributed by atoms with Crippen molar-refractivity contribution in [1.29, 1.82) is 0 Å². The average molecular weight is 271 g/mol. The Balaban J connectivity index is 1.82. The van der Waals surface area contributed by atoms with Crippen molar-refractivity contribution in [3.63, 3.8) is 0 Å². The Labute approximate surface area is 119 Å². The number of rotatable bonds is 2. The number of nitrogens with one attached hydrogen (secondary N) is 1. The van der Waals surface area contributed by atoms with Crippen LogP contribution in [0.2, 0.25) is 0 Å². The maximum absolute atomic E-state index is 5.70. The van der Waals surface area contributed by atoms with Crippen LogP contribution in [0.5, 0.6) is 0 Å². The van der Waals surface area contributed by atoms with Crippen LogP contribution in [0.15, 0.2) is 18.5 Å². The van der Waals surface area contributed by atoms with Gasteiger partial charge in [-0.15, -0.1) is 0 Å². The highest BCUT2D eigenvalue weighted by Crippen LogP contribution is 2.23. The number of aromatic nitrogens is 3. The zero-order chi connectivity index (χ0) is 13.8. The van der Waals surface area contributed by atoms with Crippen LogP contribution in [0.3, 0.4) is 0 Å². The van der Waals surface area contributed by atoms with Crippen molar-refractivity contribution in [3.05, 3.63) is 18.5 Å². The number of nitrogens with two attached hydrogens (primary N) is 1. The van der Waals surface area contributed by atoms with E-state index >= 15 is 0 Å². The Morgan fingerprint density at radius 2 is 1.75 bits per heavy atom. The number of anilines is 2. The zero-order valence-electron chi connectivity index (χ0n) is 11.7. The first-order valence-electron chi connectivity index (χ1n) is 7.47. The second-order valence-corrected chi connectivity index (χ2v) is 5.52. The second kappa shape index (κ2) is 6.03. The summed E-state index contributed by atoms with van der Waals surface area (Å²) in [5, 5.41) is 4.53. The van der Waals surface area contributed by atoms with E-state index in [0.717, 1.165) is 11.2 Å². The summed E-state index contributed by atoms with van der Waals surface area (Å²) in [6.07, 6.45) is 10.7. The lowest BCUT2D eigenvalue weighted by molar-refractivity contribution is 0.471. The fraction of sp³-hybridized carbons (Fsp3) is 0.533. The molecule has 0 bridgehead atoms. The first kappa shape index (κ1) is 13.1. The van der Waals surface area contributed by atoms with Crippen molar-refractivity contribution in [2.75, 3.05) is 11.1 Å². The highest BCUT2D eigenvalue weighted by atomic mass is 15.1. The number of pyridine rings is 1. The summed E-state index contributed by atoms with van der Waals surface area (Å²) in [4.78, 5) is 12.8. The van der Waals surface area contributed by atoms with E-state index in [9.17, 15) is 0 Å². The van der Waals surface area contributed by atoms with Gasteiger partial charge in [0.2, 0.25) is 0 Å². The smallest absolute Gasteiger partial charge is 0.166 e. The molecule has 0 atom stereocenters. The van der Waals surface area contributed by atoms with Crippen molar-refractivity contribution >= 4 is 22.7 Å². The van der Waals surface area contributed by atoms with Crippen LogP contribution in [-0.4, -0.2) is 21.0 Å². The number of nitrogen functional groups attached to an aromatic ring is 1. The van der Waals surface area contributed by atoms with Crippen LogP contribution < -0.4 is 11.1 Å². The van der Waals surface area contributed by atoms with Crippen LogP contribution >= 0.6 is 0 Å². The molecule has 0 unspecified atom stereocenters. The molecule has 2 aromatic rings. The van der Waals surface area contributed by atoms with Gasteiger partial charge in [0.15, 0.2) is 5.65 Å². The number of hydrogen-bond donors (Lipinski definition) is 2. The average Bonchev–Trinajstić information content (AvgIpc) is 2.41. The number of fused-ring (bicyclic) bond motifs is 1. The van der Waals surface area contributed by atoms with Gasteiger partial charge in [-0.05, 0) is 25.0 Å². The van der Waals surface area contributed by atoms with Gasteiger partial charge < -0.3 is 11.1 Å². The zero-order valence-corrected chi connectivity index (χ0v) is 11.7. The van der Waals surface area contributed by atoms with Crippen molar-refractivity contribution in [1.82, 2.24) is 15.0 Å². The third-order valence-corrected chi connectivity index (χ3v) is 3.96. The SMILES string of the molecule is Nc1ccc2c(NC3CCCCCCC3)ncnc2n1. The predicted molar refractivity (Wildman–Crippen MR) is 81.5 cm³/mol. The number of hydrogen-bond acceptors (Lipinski definition) is 5. The molecule has 0 radical (unpaired) electrons. The van der Waals surface area contributed by atoms with Gasteiger partial charge in [0.1, 0.15) is 18.0 Å². The van der Waals surface area contributed by atoms with E-state index in [2.05, 4.69) is 20.3 Å². The molecule has 106 valence electrons. The van der Waals surface area contributed by atoms with E-state index in [1.807, 2.05) is 6.07 Å². The molecule has 0 aromatic carbocycles. The Morgan fingerprint density at radius 1 is 1.00 bits per heavy atom. The van der Waals surface area contributed by atoms with Gasteiger partial charge in [-0.3, -0.25) is 0 Å². The quantitative estimate of drug-likeness (QED) is 0.877. The lowest BCUT2D eigenvalue weighted by atomic mass is 9.97. The summed E-state index contributed by atoms with van der Waals surface area (Å²) < 4.78 is 0. The van der Waals surface area contributed by atoms with Crippen LogP contribution in [0.25, 0.3) is 11.0 Å². The van der Waals surface area contributed by atoms with Crippen LogP contribution in [0.1, 0.15) is 44.9 Å². The van der Waals surface area contributed by atoms with Gasteiger partial charge in [-0.1, -0.05) is 32.1 Å². The summed E-state index contributed by atoms with van der Waals surface area (Å²) in [5.74, 6) is 1.38. The van der Waals surface area contributed by atoms with Crippen molar-refractivity contribution in [2.24, 2.45) is 0 Å². The minimum absolute atomic E-state index is 0.494. The van der Waals surface area contributed by atoms with E-state index in [-0.39, 0.29) is 0 Å². The molecule has 3 N–H and O–H groups in total. The lowest BCUT2D eigenvalue weighted by Crippen LogP contribution is -2.21. The first-order valence-corrected chi connectivity index (χ1v) is 7.47. The summed E-state index contributed by atoms with van der Waals surface area (Å²) >= 11 is 0. The van der Waals surface area contributed by atoms with Crippen LogP contribution in [0.4, 0.5) is 11.6 Å². The van der Waals surface area contributed by atoms with Crippen molar-refractivity contribution < 1.29 is 0 Å². The number of nitrogens with zero attached hydrogens (tertiary/aromatic N) is 3. The minimum Gasteiger partial charge on any atom is -0.384 e. The van der Waals surface area contributed by atoms with Crippen molar-refractivity contribution in [2.45, 2.75) is 51.0 Å². The third-order valence-electron chi connectivity index (χ3n) is 3.96. The van der Waals surface area contributed by atoms with Gasteiger partial charge in [-0.2, -0.15) is 0 Å². The third kappa shape index (κ3) is 2.98. The Hall–Kier alpha value is -1.91. The standard InChI is InChI=1S/C15H21N5/c16-13-9-8-12-14(17-10-18-15(12)20-13)19-11-6-4-2-1-3-5-7-11/h8-11H,1-7H2,(H3,16,17,18,19,20). The van der Waals surface area contributed by atoms with E-state index in [0.29, 0.717) is 17.5 Å². The maximum atomic E-state index is 5.70. The Morgan fingerprint density at radius 3 is 2.55 bits per heavy atom. The predicted octanol–water partition coefficient (Wildman–Crippen LogP) is 3.13. The molecule has 0 spiro atoms.